The normalized spacial score (nSPS) is 11.2. The minimum Gasteiger partial charge on any atom is -0.468 e. The number of nitrogens with zero attached hydrogens (tertiary/aromatic N) is 10. The Morgan fingerprint density at radius 1 is 0.519 bits per heavy atom. The highest BCUT2D eigenvalue weighted by molar-refractivity contribution is 5.59. The summed E-state index contributed by atoms with van der Waals surface area (Å²) < 4.78 is 19.4. The largest absolute Gasteiger partial charge is 0.468 e. The maximum absolute atomic E-state index is 5.89. The van der Waals surface area contributed by atoms with Crippen LogP contribution in [0.25, 0.3) is 33.8 Å². The van der Waals surface area contributed by atoms with Gasteiger partial charge in [-0.25, -0.2) is 29.0 Å². The molecule has 0 saturated carbocycles. The van der Waals surface area contributed by atoms with E-state index in [0.29, 0.717) is 25.0 Å². The standard InChI is InChI=1S/2C20H21N5O/c2*1-4-16-14(2)25-18(21-16)10-11-20(23-25)26-13-19-22-17(12-24(19)3)15-8-6-5-7-9-15/h2*5-12H,4,13H2,1-3H3. The predicted octanol–water partition coefficient (Wildman–Crippen LogP) is 7.16. The number of aromatic nitrogens is 10. The lowest BCUT2D eigenvalue weighted by molar-refractivity contribution is 0.276. The van der Waals surface area contributed by atoms with Gasteiger partial charge in [0.15, 0.2) is 11.3 Å². The molecule has 0 aliphatic heterocycles. The smallest absolute Gasteiger partial charge is 0.232 e. The third-order valence-corrected chi connectivity index (χ3v) is 9.00. The summed E-state index contributed by atoms with van der Waals surface area (Å²) in [5.41, 5.74) is 9.97. The van der Waals surface area contributed by atoms with Gasteiger partial charge in [0.05, 0.1) is 34.2 Å². The van der Waals surface area contributed by atoms with Crippen LogP contribution in [0.15, 0.2) is 97.3 Å². The SMILES string of the molecule is CCc1nc2ccc(OCc3nc(-c4ccccc4)cn3C)nn2c1C.CCc1nc2ccc(OCc3nc(-c4ccccc4)cn3C)nn2c1C. The van der Waals surface area contributed by atoms with Crippen molar-refractivity contribution in [2.75, 3.05) is 0 Å². The van der Waals surface area contributed by atoms with E-state index in [2.05, 4.69) is 68.2 Å². The summed E-state index contributed by atoms with van der Waals surface area (Å²) in [6, 6.07) is 27.8. The fourth-order valence-electron chi connectivity index (χ4n) is 6.02. The Balaban J connectivity index is 0.000000162. The number of ether oxygens (including phenoxy) is 2. The van der Waals surface area contributed by atoms with Gasteiger partial charge in [0, 0.05) is 49.7 Å². The molecule has 6 aromatic heterocycles. The van der Waals surface area contributed by atoms with E-state index in [1.165, 1.54) is 0 Å². The second kappa shape index (κ2) is 14.9. The molecule has 8 aromatic rings. The van der Waals surface area contributed by atoms with E-state index in [0.717, 1.165) is 81.1 Å². The Kier molecular flexibility index (Phi) is 9.79. The van der Waals surface area contributed by atoms with E-state index in [1.807, 2.05) is 119 Å². The molecule has 0 amide bonds. The van der Waals surface area contributed by atoms with Crippen LogP contribution in [-0.2, 0) is 40.2 Å². The Morgan fingerprint density at radius 2 is 0.923 bits per heavy atom. The second-order valence-electron chi connectivity index (χ2n) is 12.5. The second-order valence-corrected chi connectivity index (χ2v) is 12.5. The summed E-state index contributed by atoms with van der Waals surface area (Å²) in [5, 5.41) is 9.10. The van der Waals surface area contributed by atoms with Crippen LogP contribution in [0.3, 0.4) is 0 Å². The number of aryl methyl sites for hydroxylation is 6. The third kappa shape index (κ3) is 7.13. The van der Waals surface area contributed by atoms with Crippen molar-refractivity contribution in [3.63, 3.8) is 0 Å². The van der Waals surface area contributed by atoms with Gasteiger partial charge >= 0.3 is 0 Å². The van der Waals surface area contributed by atoms with Crippen LogP contribution in [0.5, 0.6) is 11.8 Å². The van der Waals surface area contributed by atoms with Crippen molar-refractivity contribution in [2.45, 2.75) is 53.8 Å². The Labute approximate surface area is 302 Å². The topological polar surface area (TPSA) is 114 Å². The highest BCUT2D eigenvalue weighted by atomic mass is 16.5. The zero-order valence-electron chi connectivity index (χ0n) is 30.4. The Hall–Kier alpha value is -6.30. The van der Waals surface area contributed by atoms with Crippen LogP contribution >= 0.6 is 0 Å². The monoisotopic (exact) mass is 694 g/mol. The van der Waals surface area contributed by atoms with Gasteiger partial charge in [0.25, 0.3) is 0 Å². The maximum Gasteiger partial charge on any atom is 0.232 e. The molecule has 0 atom stereocenters. The quantitative estimate of drug-likeness (QED) is 0.148. The van der Waals surface area contributed by atoms with E-state index in [1.54, 1.807) is 0 Å². The van der Waals surface area contributed by atoms with Crippen molar-refractivity contribution < 1.29 is 9.47 Å². The van der Waals surface area contributed by atoms with Crippen molar-refractivity contribution in [3.05, 3.63) is 132 Å². The van der Waals surface area contributed by atoms with Crippen LogP contribution in [0.4, 0.5) is 0 Å². The summed E-state index contributed by atoms with van der Waals surface area (Å²) in [6.07, 6.45) is 5.80. The molecule has 0 spiro atoms. The average Bonchev–Trinajstić information content (AvgIpc) is 3.93. The van der Waals surface area contributed by atoms with Crippen molar-refractivity contribution in [3.8, 4) is 34.3 Å². The van der Waals surface area contributed by atoms with Gasteiger partial charge in [0.1, 0.15) is 24.9 Å². The van der Waals surface area contributed by atoms with Gasteiger partial charge in [-0.2, -0.15) is 0 Å². The molecule has 8 rings (SSSR count). The lowest BCUT2D eigenvalue weighted by Gasteiger charge is -2.06. The third-order valence-electron chi connectivity index (χ3n) is 9.00. The molecule has 0 radical (unpaired) electrons. The molecule has 0 aliphatic rings. The van der Waals surface area contributed by atoms with Crippen molar-refractivity contribution in [2.24, 2.45) is 14.1 Å². The van der Waals surface area contributed by atoms with Crippen LogP contribution in [0.2, 0.25) is 0 Å². The van der Waals surface area contributed by atoms with Gasteiger partial charge in [0.2, 0.25) is 11.8 Å². The van der Waals surface area contributed by atoms with Crippen LogP contribution in [-0.4, -0.2) is 48.3 Å². The zero-order valence-corrected chi connectivity index (χ0v) is 30.4. The molecule has 52 heavy (non-hydrogen) atoms. The highest BCUT2D eigenvalue weighted by Crippen LogP contribution is 2.21. The fourth-order valence-corrected chi connectivity index (χ4v) is 6.02. The molecule has 264 valence electrons. The molecule has 12 heteroatoms. The molecule has 12 nitrogen and oxygen atoms in total. The van der Waals surface area contributed by atoms with Crippen molar-refractivity contribution in [1.82, 2.24) is 48.3 Å². The van der Waals surface area contributed by atoms with Crippen molar-refractivity contribution >= 4 is 11.3 Å². The molecule has 0 unspecified atom stereocenters. The number of hydrogen-bond acceptors (Lipinski definition) is 8. The molecule has 6 heterocycles. The minimum atomic E-state index is 0.357. The summed E-state index contributed by atoms with van der Waals surface area (Å²) >= 11 is 0. The molecule has 0 N–H and O–H groups in total. The van der Waals surface area contributed by atoms with Gasteiger partial charge < -0.3 is 18.6 Å². The Bertz CT molecular complexity index is 2270. The lowest BCUT2D eigenvalue weighted by atomic mass is 10.2. The molecule has 0 bridgehead atoms. The first kappa shape index (κ1) is 34.2. The van der Waals surface area contributed by atoms with E-state index in [-0.39, 0.29) is 0 Å². The van der Waals surface area contributed by atoms with Crippen LogP contribution < -0.4 is 9.47 Å². The van der Waals surface area contributed by atoms with Gasteiger partial charge in [-0.05, 0) is 38.8 Å². The number of imidazole rings is 4. The first-order chi connectivity index (χ1) is 25.3. The average molecular weight is 695 g/mol. The summed E-state index contributed by atoms with van der Waals surface area (Å²) in [5.74, 6) is 2.82. The van der Waals surface area contributed by atoms with E-state index in [9.17, 15) is 0 Å². The molecule has 2 aromatic carbocycles. The van der Waals surface area contributed by atoms with E-state index >= 15 is 0 Å². The first-order valence-electron chi connectivity index (χ1n) is 17.4. The van der Waals surface area contributed by atoms with Gasteiger partial charge in [-0.3, -0.25) is 0 Å². The summed E-state index contributed by atoms with van der Waals surface area (Å²) in [4.78, 5) is 18.5. The number of fused-ring (bicyclic) bond motifs is 2. The zero-order chi connectivity index (χ0) is 36.2. The fraction of sp³-hybridized carbons (Fsp3) is 0.250. The number of hydrogen-bond donors (Lipinski definition) is 0. The van der Waals surface area contributed by atoms with Gasteiger partial charge in [-0.1, -0.05) is 74.5 Å². The Morgan fingerprint density at radius 3 is 1.31 bits per heavy atom. The first-order valence-corrected chi connectivity index (χ1v) is 17.4. The molecule has 0 fully saturated rings. The number of benzene rings is 2. The lowest BCUT2D eigenvalue weighted by Crippen LogP contribution is -2.05. The van der Waals surface area contributed by atoms with Crippen LogP contribution in [0, 0.1) is 13.8 Å². The van der Waals surface area contributed by atoms with Crippen LogP contribution in [0.1, 0.15) is 48.3 Å². The van der Waals surface area contributed by atoms with Crippen molar-refractivity contribution in [1.29, 1.82) is 0 Å². The van der Waals surface area contributed by atoms with E-state index in [4.69, 9.17) is 9.47 Å². The minimum absolute atomic E-state index is 0.357. The maximum atomic E-state index is 5.89. The highest BCUT2D eigenvalue weighted by Gasteiger charge is 2.13. The summed E-state index contributed by atoms with van der Waals surface area (Å²) in [7, 11) is 3.95. The van der Waals surface area contributed by atoms with Gasteiger partial charge in [-0.15, -0.1) is 10.2 Å². The molecule has 0 aliphatic carbocycles. The molecular formula is C40H42N10O2. The molecule has 0 saturated heterocycles. The molecular weight excluding hydrogens is 653 g/mol. The summed E-state index contributed by atoms with van der Waals surface area (Å²) in [6.45, 7) is 8.96. The van der Waals surface area contributed by atoms with E-state index < -0.39 is 0 Å². The predicted molar refractivity (Wildman–Crippen MR) is 200 cm³/mol. The number of rotatable bonds is 10.